The van der Waals surface area contributed by atoms with Crippen molar-refractivity contribution in [2.45, 2.75) is 25.6 Å². The number of rotatable bonds is 1. The van der Waals surface area contributed by atoms with Crippen LogP contribution in [-0.4, -0.2) is 17.4 Å². The van der Waals surface area contributed by atoms with Gasteiger partial charge in [0.05, 0.1) is 12.2 Å². The number of hydrogen-bond acceptors (Lipinski definition) is 4. The molecule has 0 aromatic carbocycles. The van der Waals surface area contributed by atoms with Crippen LogP contribution in [-0.2, 0) is 0 Å². The molecule has 90 valence electrons. The van der Waals surface area contributed by atoms with Gasteiger partial charge in [-0.2, -0.15) is 5.10 Å². The quantitative estimate of drug-likeness (QED) is 0.676. The molecular weight excluding hydrogens is 220 g/mol. The maximum Gasteiger partial charge on any atom is 0.317 e. The molecule has 0 spiro atoms. The summed E-state index contributed by atoms with van der Waals surface area (Å²) in [6.45, 7) is 3.87. The number of amides is 2. The summed E-state index contributed by atoms with van der Waals surface area (Å²) in [7, 11) is 0. The second-order valence-electron chi connectivity index (χ2n) is 4.64. The van der Waals surface area contributed by atoms with Crippen LogP contribution in [0.15, 0.2) is 27.9 Å². The normalized spacial score (nSPS) is 35.4. The maximum atomic E-state index is 11.7. The molecule has 0 bridgehead atoms. The summed E-state index contributed by atoms with van der Waals surface area (Å²) in [6.07, 6.45) is 1.61. The molecule has 17 heavy (non-hydrogen) atoms. The van der Waals surface area contributed by atoms with Crippen LogP contribution < -0.4 is 16.1 Å². The minimum Gasteiger partial charge on any atom is -0.467 e. The van der Waals surface area contributed by atoms with Crippen molar-refractivity contribution >= 4 is 11.7 Å². The third-order valence-electron chi connectivity index (χ3n) is 3.38. The van der Waals surface area contributed by atoms with Crippen LogP contribution in [0.1, 0.15) is 25.6 Å². The van der Waals surface area contributed by atoms with Crippen molar-refractivity contribution in [3.05, 3.63) is 24.2 Å². The zero-order valence-electron chi connectivity index (χ0n) is 9.65. The number of carbonyl (C=O) groups is 1. The first kappa shape index (κ1) is 10.2. The zero-order chi connectivity index (χ0) is 12.0. The van der Waals surface area contributed by atoms with Crippen molar-refractivity contribution in [2.24, 2.45) is 11.0 Å². The van der Waals surface area contributed by atoms with Gasteiger partial charge in [0.1, 0.15) is 17.5 Å². The Morgan fingerprint density at radius 3 is 3.06 bits per heavy atom. The Labute approximate surface area is 98.4 Å². The highest BCUT2D eigenvalue weighted by atomic mass is 16.3. The van der Waals surface area contributed by atoms with Gasteiger partial charge in [0.2, 0.25) is 0 Å². The Morgan fingerprint density at radius 1 is 1.53 bits per heavy atom. The molecular formula is C11H14N4O2. The summed E-state index contributed by atoms with van der Waals surface area (Å²) in [4.78, 5) is 11.7. The van der Waals surface area contributed by atoms with Gasteiger partial charge in [-0.25, -0.2) is 4.79 Å². The Balaban J connectivity index is 2.02. The summed E-state index contributed by atoms with van der Waals surface area (Å²) in [6, 6.07) is 3.27. The molecule has 3 rings (SSSR count). The van der Waals surface area contributed by atoms with Crippen LogP contribution in [0.25, 0.3) is 0 Å². The molecule has 2 aliphatic rings. The highest BCUT2D eigenvalue weighted by Gasteiger charge is 2.51. The van der Waals surface area contributed by atoms with Crippen LogP contribution in [0.2, 0.25) is 0 Å². The number of carbonyl (C=O) groups excluding carboxylic acids is 1. The van der Waals surface area contributed by atoms with Gasteiger partial charge in [-0.3, -0.25) is 5.43 Å². The molecule has 0 saturated carbocycles. The van der Waals surface area contributed by atoms with Gasteiger partial charge >= 0.3 is 6.03 Å². The van der Waals surface area contributed by atoms with E-state index in [9.17, 15) is 4.79 Å². The highest BCUT2D eigenvalue weighted by Crippen LogP contribution is 2.36. The lowest BCUT2D eigenvalue weighted by Crippen LogP contribution is -2.67. The van der Waals surface area contributed by atoms with E-state index in [0.717, 1.165) is 11.5 Å². The van der Waals surface area contributed by atoms with Crippen LogP contribution >= 0.6 is 0 Å². The lowest BCUT2D eigenvalue weighted by atomic mass is 9.82. The highest BCUT2D eigenvalue weighted by molar-refractivity contribution is 5.91. The van der Waals surface area contributed by atoms with Crippen molar-refractivity contribution in [1.29, 1.82) is 0 Å². The Hall–Kier alpha value is -1.98. The van der Waals surface area contributed by atoms with Crippen molar-refractivity contribution < 1.29 is 9.21 Å². The maximum absolute atomic E-state index is 11.7. The zero-order valence-corrected chi connectivity index (χ0v) is 9.65. The first-order valence-electron chi connectivity index (χ1n) is 5.53. The molecule has 1 saturated heterocycles. The Bertz CT molecular complexity index is 482. The van der Waals surface area contributed by atoms with Crippen molar-refractivity contribution in [2.75, 3.05) is 0 Å². The van der Waals surface area contributed by atoms with E-state index in [1.54, 1.807) is 6.26 Å². The Kier molecular flexibility index (Phi) is 1.95. The van der Waals surface area contributed by atoms with Gasteiger partial charge in [0.25, 0.3) is 0 Å². The molecule has 2 amide bonds. The third-order valence-corrected chi connectivity index (χ3v) is 3.38. The average Bonchev–Trinajstić information content (AvgIpc) is 2.86. The monoisotopic (exact) mass is 234 g/mol. The number of fused-ring (bicyclic) bond motifs is 1. The molecule has 0 aliphatic carbocycles. The fourth-order valence-corrected chi connectivity index (χ4v) is 2.64. The minimum atomic E-state index is -0.552. The van der Waals surface area contributed by atoms with E-state index in [1.165, 1.54) is 0 Å². The molecule has 2 aliphatic heterocycles. The van der Waals surface area contributed by atoms with Crippen LogP contribution in [0.5, 0.6) is 0 Å². The lowest BCUT2D eigenvalue weighted by molar-refractivity contribution is 0.154. The van der Waals surface area contributed by atoms with Crippen LogP contribution in [0, 0.1) is 5.92 Å². The summed E-state index contributed by atoms with van der Waals surface area (Å²) in [5.41, 5.74) is 3.38. The molecule has 1 aromatic rings. The summed E-state index contributed by atoms with van der Waals surface area (Å²) in [5, 5.41) is 9.96. The Morgan fingerprint density at radius 2 is 2.35 bits per heavy atom. The predicted octanol–water partition coefficient (Wildman–Crippen LogP) is 0.945. The molecule has 1 aromatic heterocycles. The first-order chi connectivity index (χ1) is 8.10. The van der Waals surface area contributed by atoms with Crippen molar-refractivity contribution in [3.8, 4) is 0 Å². The number of nitrogens with zero attached hydrogens (tertiary/aromatic N) is 1. The van der Waals surface area contributed by atoms with E-state index in [0.29, 0.717) is 0 Å². The number of nitrogens with one attached hydrogen (secondary N) is 3. The third kappa shape index (κ3) is 1.40. The fourth-order valence-electron chi connectivity index (χ4n) is 2.64. The lowest BCUT2D eigenvalue weighted by Gasteiger charge is -2.41. The molecule has 0 radical (unpaired) electrons. The van der Waals surface area contributed by atoms with Gasteiger partial charge < -0.3 is 15.1 Å². The molecule has 3 heterocycles. The first-order valence-corrected chi connectivity index (χ1v) is 5.53. The standard InChI is InChI=1S/C11H14N4O2/c1-6-8-9(7-4-3-5-17-7)12-10(16)13-11(8,2)15-14-6/h3-5,8-9,15H,1-2H3,(H2,12,13,16)/t8-,9-,11+/m1/s1. The molecule has 6 heteroatoms. The smallest absolute Gasteiger partial charge is 0.317 e. The average molecular weight is 234 g/mol. The van der Waals surface area contributed by atoms with Crippen molar-refractivity contribution in [3.63, 3.8) is 0 Å². The predicted molar refractivity (Wildman–Crippen MR) is 61.3 cm³/mol. The second-order valence-corrected chi connectivity index (χ2v) is 4.64. The van der Waals surface area contributed by atoms with E-state index >= 15 is 0 Å². The van der Waals surface area contributed by atoms with Gasteiger partial charge in [-0.15, -0.1) is 0 Å². The summed E-state index contributed by atoms with van der Waals surface area (Å²) >= 11 is 0. The van der Waals surface area contributed by atoms with Crippen LogP contribution in [0.3, 0.4) is 0 Å². The second kappa shape index (κ2) is 3.26. The molecule has 6 nitrogen and oxygen atoms in total. The van der Waals surface area contributed by atoms with E-state index in [2.05, 4.69) is 21.2 Å². The van der Waals surface area contributed by atoms with Gasteiger partial charge in [-0.05, 0) is 26.0 Å². The van der Waals surface area contributed by atoms with E-state index in [4.69, 9.17) is 4.42 Å². The van der Waals surface area contributed by atoms with Crippen LogP contribution in [0.4, 0.5) is 4.79 Å². The molecule has 3 N–H and O–H groups in total. The van der Waals surface area contributed by atoms with Gasteiger partial charge in [0.15, 0.2) is 0 Å². The minimum absolute atomic E-state index is 0.0337. The number of hydrazone groups is 1. The molecule has 0 unspecified atom stereocenters. The largest absolute Gasteiger partial charge is 0.467 e. The van der Waals surface area contributed by atoms with Gasteiger partial charge in [0, 0.05) is 5.71 Å². The number of furan rings is 1. The van der Waals surface area contributed by atoms with E-state index < -0.39 is 5.66 Å². The number of urea groups is 1. The SMILES string of the molecule is CC1=NN[C@]2(C)NC(=O)N[C@H](c3ccco3)[C@@H]12. The number of hydrogen-bond donors (Lipinski definition) is 3. The fraction of sp³-hybridized carbons (Fsp3) is 0.455. The van der Waals surface area contributed by atoms with E-state index in [-0.39, 0.29) is 18.0 Å². The van der Waals surface area contributed by atoms with E-state index in [1.807, 2.05) is 26.0 Å². The van der Waals surface area contributed by atoms with Gasteiger partial charge in [-0.1, -0.05) is 0 Å². The van der Waals surface area contributed by atoms with Crippen molar-refractivity contribution in [1.82, 2.24) is 16.1 Å². The molecule has 3 atom stereocenters. The summed E-state index contributed by atoms with van der Waals surface area (Å²) in [5.74, 6) is 0.778. The molecule has 1 fully saturated rings. The summed E-state index contributed by atoms with van der Waals surface area (Å²) < 4.78 is 5.40. The topological polar surface area (TPSA) is 78.7 Å².